The molecule has 7 nitrogen and oxygen atoms in total. The van der Waals surface area contributed by atoms with Gasteiger partial charge in [0, 0.05) is 17.8 Å². The zero-order valence-electron chi connectivity index (χ0n) is 16.0. The zero-order chi connectivity index (χ0) is 20.0. The quantitative estimate of drug-likeness (QED) is 0.751. The first kappa shape index (κ1) is 20.1. The van der Waals surface area contributed by atoms with Crippen molar-refractivity contribution in [3.05, 3.63) is 47.0 Å². The number of carbonyl (C=O) groups excluding carboxylic acids is 2. The summed E-state index contributed by atoms with van der Waals surface area (Å²) < 4.78 is 20.7. The van der Waals surface area contributed by atoms with Crippen LogP contribution >= 0.6 is 0 Å². The third-order valence-electron chi connectivity index (χ3n) is 3.92. The Labute approximate surface area is 158 Å². The lowest BCUT2D eigenvalue weighted by molar-refractivity contribution is -0.119. The summed E-state index contributed by atoms with van der Waals surface area (Å²) in [7, 11) is 4.36. The summed E-state index contributed by atoms with van der Waals surface area (Å²) in [5.74, 6) is -0.116. The number of methoxy groups -OCH3 is 3. The third-order valence-corrected chi connectivity index (χ3v) is 3.92. The van der Waals surface area contributed by atoms with Gasteiger partial charge in [0.2, 0.25) is 0 Å². The Morgan fingerprint density at radius 1 is 0.889 bits per heavy atom. The summed E-state index contributed by atoms with van der Waals surface area (Å²) in [4.78, 5) is 24.5. The van der Waals surface area contributed by atoms with Crippen LogP contribution in [0.3, 0.4) is 0 Å². The summed E-state index contributed by atoms with van der Waals surface area (Å²) in [6.07, 6.45) is 0. The minimum absolute atomic E-state index is 0.134. The lowest BCUT2D eigenvalue weighted by Crippen LogP contribution is -2.21. The molecule has 1 N–H and O–H groups in total. The molecule has 0 heterocycles. The Hall–Kier alpha value is -3.22. The molecule has 2 aromatic rings. The summed E-state index contributed by atoms with van der Waals surface area (Å²) >= 11 is 0. The number of benzene rings is 2. The monoisotopic (exact) mass is 373 g/mol. The second kappa shape index (κ2) is 8.93. The topological polar surface area (TPSA) is 83.1 Å². The number of amides is 1. The molecule has 0 saturated carbocycles. The van der Waals surface area contributed by atoms with Crippen LogP contribution in [0.25, 0.3) is 0 Å². The van der Waals surface area contributed by atoms with E-state index < -0.39 is 18.5 Å². The van der Waals surface area contributed by atoms with Crippen molar-refractivity contribution in [2.24, 2.45) is 0 Å². The van der Waals surface area contributed by atoms with Crippen LogP contribution in [0, 0.1) is 13.8 Å². The van der Waals surface area contributed by atoms with Crippen LogP contribution in [0.1, 0.15) is 21.5 Å². The lowest BCUT2D eigenvalue weighted by Gasteiger charge is -2.14. The molecule has 0 aliphatic rings. The minimum atomic E-state index is -0.705. The summed E-state index contributed by atoms with van der Waals surface area (Å²) in [6.45, 7) is 3.43. The molecule has 0 saturated heterocycles. The van der Waals surface area contributed by atoms with Gasteiger partial charge >= 0.3 is 5.97 Å². The molecule has 0 atom stereocenters. The average Bonchev–Trinajstić information content (AvgIpc) is 2.67. The number of nitrogens with one attached hydrogen (secondary N) is 1. The van der Waals surface area contributed by atoms with Gasteiger partial charge in [-0.3, -0.25) is 4.79 Å². The van der Waals surface area contributed by atoms with Gasteiger partial charge in [-0.05, 0) is 25.5 Å². The van der Waals surface area contributed by atoms with Crippen molar-refractivity contribution in [2.75, 3.05) is 33.3 Å². The van der Waals surface area contributed by atoms with E-state index in [2.05, 4.69) is 5.32 Å². The number of ether oxygens (including phenoxy) is 4. The molecule has 0 aromatic heterocycles. The third kappa shape index (κ3) is 4.91. The number of hydrogen-bond donors (Lipinski definition) is 1. The van der Waals surface area contributed by atoms with Gasteiger partial charge in [0.25, 0.3) is 5.91 Å². The molecule has 0 spiro atoms. The van der Waals surface area contributed by atoms with E-state index in [-0.39, 0.29) is 11.3 Å². The fraction of sp³-hybridized carbons (Fsp3) is 0.300. The van der Waals surface area contributed by atoms with E-state index in [1.807, 2.05) is 32.0 Å². The molecule has 2 aromatic carbocycles. The summed E-state index contributed by atoms with van der Waals surface area (Å²) in [5, 5.41) is 2.72. The molecule has 0 radical (unpaired) electrons. The minimum Gasteiger partial charge on any atom is -0.496 e. The Balaban J connectivity index is 2.07. The smallest absolute Gasteiger partial charge is 0.342 e. The van der Waals surface area contributed by atoms with Crippen molar-refractivity contribution in [1.29, 1.82) is 0 Å². The predicted octanol–water partition coefficient (Wildman–Crippen LogP) is 3.12. The molecule has 2 rings (SSSR count). The van der Waals surface area contributed by atoms with E-state index in [1.54, 1.807) is 0 Å². The number of anilines is 1. The second-order valence-corrected chi connectivity index (χ2v) is 5.85. The van der Waals surface area contributed by atoms with Crippen LogP contribution in [0.2, 0.25) is 0 Å². The maximum atomic E-state index is 12.4. The van der Waals surface area contributed by atoms with Gasteiger partial charge < -0.3 is 24.3 Å². The van der Waals surface area contributed by atoms with Crippen LogP contribution in [-0.2, 0) is 9.53 Å². The number of esters is 1. The standard InChI is InChI=1S/C20H23NO6/c1-12-6-7-15(13(2)8-12)21-19(22)11-27-20(23)14-9-17(25-4)18(26-5)10-16(14)24-3/h6-10H,11H2,1-5H3,(H,21,22). The maximum absolute atomic E-state index is 12.4. The molecule has 27 heavy (non-hydrogen) atoms. The van der Waals surface area contributed by atoms with Crippen LogP contribution in [0.4, 0.5) is 5.69 Å². The van der Waals surface area contributed by atoms with Gasteiger partial charge in [-0.25, -0.2) is 4.79 Å². The molecule has 0 unspecified atom stereocenters. The molecule has 144 valence electrons. The van der Waals surface area contributed by atoms with Gasteiger partial charge in [-0.2, -0.15) is 0 Å². The predicted molar refractivity (Wildman–Crippen MR) is 101 cm³/mol. The number of aryl methyl sites for hydroxylation is 2. The Morgan fingerprint density at radius 3 is 2.11 bits per heavy atom. The Kier molecular flexibility index (Phi) is 6.65. The first-order valence-electron chi connectivity index (χ1n) is 8.23. The largest absolute Gasteiger partial charge is 0.496 e. The van der Waals surface area contributed by atoms with Gasteiger partial charge in [0.15, 0.2) is 18.1 Å². The second-order valence-electron chi connectivity index (χ2n) is 5.85. The van der Waals surface area contributed by atoms with Gasteiger partial charge in [-0.1, -0.05) is 17.7 Å². The van der Waals surface area contributed by atoms with Crippen molar-refractivity contribution < 1.29 is 28.5 Å². The van der Waals surface area contributed by atoms with Crippen molar-refractivity contribution >= 4 is 17.6 Å². The van der Waals surface area contributed by atoms with Crippen LogP contribution in [0.15, 0.2) is 30.3 Å². The maximum Gasteiger partial charge on any atom is 0.342 e. The molecule has 0 fully saturated rings. The highest BCUT2D eigenvalue weighted by atomic mass is 16.5. The van der Waals surface area contributed by atoms with Crippen LogP contribution < -0.4 is 19.5 Å². The van der Waals surface area contributed by atoms with Crippen molar-refractivity contribution in [3.63, 3.8) is 0 Å². The Morgan fingerprint density at radius 2 is 1.52 bits per heavy atom. The SMILES string of the molecule is COc1cc(OC)c(C(=O)OCC(=O)Nc2ccc(C)cc2C)cc1OC. The van der Waals surface area contributed by atoms with E-state index in [0.29, 0.717) is 17.2 Å². The fourth-order valence-corrected chi connectivity index (χ4v) is 2.54. The zero-order valence-corrected chi connectivity index (χ0v) is 16.0. The molecular weight excluding hydrogens is 350 g/mol. The highest BCUT2D eigenvalue weighted by molar-refractivity contribution is 5.97. The van der Waals surface area contributed by atoms with Crippen molar-refractivity contribution in [3.8, 4) is 17.2 Å². The fourth-order valence-electron chi connectivity index (χ4n) is 2.54. The van der Waals surface area contributed by atoms with Crippen LogP contribution in [-0.4, -0.2) is 39.8 Å². The van der Waals surface area contributed by atoms with Crippen LogP contribution in [0.5, 0.6) is 17.2 Å². The first-order chi connectivity index (χ1) is 12.9. The lowest BCUT2D eigenvalue weighted by atomic mass is 10.1. The highest BCUT2D eigenvalue weighted by Crippen LogP contribution is 2.34. The van der Waals surface area contributed by atoms with E-state index >= 15 is 0 Å². The molecule has 0 aliphatic heterocycles. The highest BCUT2D eigenvalue weighted by Gasteiger charge is 2.20. The molecule has 0 bridgehead atoms. The molecular formula is C20H23NO6. The molecule has 1 amide bonds. The van der Waals surface area contributed by atoms with Gasteiger partial charge in [-0.15, -0.1) is 0 Å². The summed E-state index contributed by atoms with van der Waals surface area (Å²) in [6, 6.07) is 8.62. The van der Waals surface area contributed by atoms with E-state index in [0.717, 1.165) is 11.1 Å². The van der Waals surface area contributed by atoms with Gasteiger partial charge in [0.1, 0.15) is 11.3 Å². The van der Waals surface area contributed by atoms with Gasteiger partial charge in [0.05, 0.1) is 21.3 Å². The van der Waals surface area contributed by atoms with E-state index in [1.165, 1.54) is 33.5 Å². The van der Waals surface area contributed by atoms with E-state index in [9.17, 15) is 9.59 Å². The average molecular weight is 373 g/mol. The van der Waals surface area contributed by atoms with Crippen molar-refractivity contribution in [2.45, 2.75) is 13.8 Å². The normalized spacial score (nSPS) is 10.1. The number of carbonyl (C=O) groups is 2. The molecule has 0 aliphatic carbocycles. The Bertz CT molecular complexity index is 847. The number of hydrogen-bond acceptors (Lipinski definition) is 6. The summed E-state index contributed by atoms with van der Waals surface area (Å²) in [5.41, 5.74) is 2.83. The first-order valence-corrected chi connectivity index (χ1v) is 8.23. The number of rotatable bonds is 7. The molecule has 7 heteroatoms. The van der Waals surface area contributed by atoms with Crippen molar-refractivity contribution in [1.82, 2.24) is 0 Å². The van der Waals surface area contributed by atoms with E-state index in [4.69, 9.17) is 18.9 Å².